The fourth-order valence-corrected chi connectivity index (χ4v) is 2.28. The summed E-state index contributed by atoms with van der Waals surface area (Å²) in [6.45, 7) is 7.69. The van der Waals surface area contributed by atoms with Gasteiger partial charge >= 0.3 is 7.12 Å². The summed E-state index contributed by atoms with van der Waals surface area (Å²) in [4.78, 5) is 7.62. The molecule has 0 bridgehead atoms. The molecule has 0 fully saturated rings. The maximum Gasteiger partial charge on any atom is 0.491 e. The van der Waals surface area contributed by atoms with Crippen LogP contribution in [-0.4, -0.2) is 35.4 Å². The van der Waals surface area contributed by atoms with Crippen LogP contribution >= 0.6 is 0 Å². The molecule has 1 aromatic carbocycles. The van der Waals surface area contributed by atoms with Crippen LogP contribution in [0, 0.1) is 6.57 Å². The third kappa shape index (κ3) is 3.27. The number of benzene rings is 1. The molecule has 2 heterocycles. The van der Waals surface area contributed by atoms with E-state index in [1.54, 1.807) is 30.3 Å². The first kappa shape index (κ1) is 0.983. The molecule has 1 aromatic heterocycles. The summed E-state index contributed by atoms with van der Waals surface area (Å²) >= 11 is 0. The van der Waals surface area contributed by atoms with Crippen molar-refractivity contribution in [2.75, 3.05) is 18.5 Å². The molecule has 23 heavy (non-hydrogen) atoms. The molecule has 3 rings (SSSR count). The van der Waals surface area contributed by atoms with Crippen LogP contribution < -0.4 is 15.5 Å². The van der Waals surface area contributed by atoms with Crippen molar-refractivity contribution in [1.82, 2.24) is 4.98 Å². The van der Waals surface area contributed by atoms with E-state index in [0.717, 1.165) is 11.0 Å². The summed E-state index contributed by atoms with van der Waals surface area (Å²) in [7, 11) is -0.885. The summed E-state index contributed by atoms with van der Waals surface area (Å²) in [5.41, 5.74) is 1.96. The van der Waals surface area contributed by atoms with Crippen LogP contribution in [-0.2, 0) is 11.3 Å². The van der Waals surface area contributed by atoms with Crippen LogP contribution in [0.25, 0.3) is 4.85 Å². The topological polar surface area (TPSA) is 88.2 Å². The summed E-state index contributed by atoms with van der Waals surface area (Å²) in [6, 6.07) is 8.48. The van der Waals surface area contributed by atoms with Gasteiger partial charge in [-0.3, -0.25) is 0 Å². The maximum absolute atomic E-state index is 9.61. The second kappa shape index (κ2) is 6.66. The zero-order valence-electron chi connectivity index (χ0n) is 144. The summed E-state index contributed by atoms with van der Waals surface area (Å²) in [5.74, 6) is 1.27. The van der Waals surface area contributed by atoms with Crippen LogP contribution in [0.3, 0.4) is 0 Å². The molecule has 1 aliphatic heterocycles. The third-order valence-corrected chi connectivity index (χ3v) is 3.37. The SMILES string of the molecule is [2H][2H].[2H][2H].[2H][2H].[2H][2H].[2H][2H].[2H][2H].[2H][2H].[2H][2H].[2H][2H].[2H][2H].[2H][2H].[2H][2H].[2H][2H].[2H][2H].[2H][2H].[2H][2H].[2H][2H].[2H][2H].[2H][2H].[2H][2H].[2H][2H].[2H][2H].[2H][2H].[2H][2H].[2H][2H].[2H][2H].[2H][2H].[2H][2H].[2H][2H].[2H][2H].[2H][2H].[2H][2H].[2H][2H].[2H][2H].[2H][2H].[2H][2H].[2H][2H].[2H][2H].[2H][2H].[2H][2H].[2H][2H].[2H][2H].[2H][2H].[2H][2H].[2H][2H].[2H][2H].[2H][2H].[2H][2H].[2H][2H].[2H][2H].[2H][2H].[2H][2H].[2H][2H].[2H][2H].[2H][2H].[2H][2H].[2H][2H].[2H][2H].[2H][2H].[2H][2H].[2H][2H].[2H][2H].[2H][2H].[2H][2H].[2H][2H].[2H][2H].[C-]#[N+]c1ccc(Oc2ccc3c(c2)COB3O)nc1NCCO. The molecule has 0 saturated carbocycles. The number of anilines is 1. The molecule has 2 aromatic rings. The summed E-state index contributed by atoms with van der Waals surface area (Å²) in [6.07, 6.45) is 0. The molecule has 0 amide bonds. The van der Waals surface area contributed by atoms with Crippen LogP contribution in [0.1, 0.15) is 202 Å². The fourth-order valence-electron chi connectivity index (χ4n) is 2.28. The van der Waals surface area contributed by atoms with E-state index in [1.807, 2.05) is 0 Å². The van der Waals surface area contributed by atoms with Crippen LogP contribution in [0.5, 0.6) is 11.6 Å². The molecule has 0 aliphatic carbocycles. The number of hydrogen-bond donors (Lipinski definition) is 3. The van der Waals surface area contributed by atoms with Gasteiger partial charge in [0, 0.05) is 203 Å². The third-order valence-electron chi connectivity index (χ3n) is 3.37. The molecule has 0 spiro atoms. The van der Waals surface area contributed by atoms with Crippen LogP contribution in [0.15, 0.2) is 30.3 Å². The van der Waals surface area contributed by atoms with E-state index in [0.29, 0.717) is 36.3 Å². The minimum absolute atomic E-state index is 0.0582. The fraction of sp³-hybridized carbons (Fsp3) is 0.200. The Balaban J connectivity index is -0.00000000911. The molecular weight excluding hydrogens is 297 g/mol. The van der Waals surface area contributed by atoms with Gasteiger partial charge in [0.15, 0.2) is 0 Å². The Morgan fingerprint density at radius 2 is 2.35 bits per heavy atom. The summed E-state index contributed by atoms with van der Waals surface area (Å²) < 4.78 is 671. The molecule has 248 valence electrons. The first-order chi connectivity index (χ1) is 77.2. The molecule has 1 aliphatic rings. The number of hydrogen-bond acceptors (Lipinski definition) is 6. The Morgan fingerprint density at radius 1 is 1.48 bits per heavy atom. The van der Waals surface area contributed by atoms with E-state index in [2.05, 4.69) is 15.1 Å². The van der Waals surface area contributed by atoms with Crippen molar-refractivity contribution < 1.29 is 216 Å². The quantitative estimate of drug-likeness (QED) is 0.242. The Bertz CT molecular complexity index is 857. The number of nitrogens with zero attached hydrogens (tertiary/aromatic N) is 2. The molecule has 3 N–H and O–H groups in total. The van der Waals surface area contributed by atoms with E-state index < -0.39 is 7.12 Å². The lowest BCUT2D eigenvalue weighted by Gasteiger charge is -2.10. The average Bonchev–Trinajstić information content (AvgIpc) is 1.70. The zero-order valence-corrected chi connectivity index (χ0v) is 12.2. The highest BCUT2D eigenvalue weighted by Gasteiger charge is 2.27. The van der Waals surface area contributed by atoms with Crippen molar-refractivity contribution in [2.45, 2.75) is 6.61 Å². The first-order valence-electron chi connectivity index (χ1n) is 73.0. The van der Waals surface area contributed by atoms with E-state index in [1.165, 1.54) is 0 Å². The minimum atomic E-state index is -0.885. The number of aliphatic hydroxyl groups excluding tert-OH is 1. The highest BCUT2D eigenvalue weighted by atomic mass is 16.5. The Morgan fingerprint density at radius 3 is 3.13 bits per heavy atom. The lowest BCUT2D eigenvalue weighted by atomic mass is 9.80. The maximum atomic E-state index is 9.61. The van der Waals surface area contributed by atoms with Gasteiger partial charge < -0.3 is 24.8 Å². The molecule has 0 radical (unpaired) electrons. The van der Waals surface area contributed by atoms with Gasteiger partial charge in [0.2, 0.25) is 11.6 Å². The average molecular weight is 577 g/mol. The first-order valence-corrected chi connectivity index (χ1v) is 7.05. The van der Waals surface area contributed by atoms with Gasteiger partial charge in [-0.1, -0.05) is 6.07 Å². The van der Waals surface area contributed by atoms with Crippen LogP contribution in [0.4, 0.5) is 11.5 Å². The predicted octanol–water partition coefficient (Wildman–Crippen LogP) is 17.3. The molecule has 7 nitrogen and oxygen atoms in total. The van der Waals surface area contributed by atoms with Gasteiger partial charge in [0.1, 0.15) is 11.6 Å². The zero-order chi connectivity index (χ0) is 148. The second-order valence-electron chi connectivity index (χ2n) is 4.91. The van der Waals surface area contributed by atoms with Gasteiger partial charge in [-0.2, -0.15) is 0 Å². The van der Waals surface area contributed by atoms with Crippen molar-refractivity contribution in [3.05, 3.63) is 47.3 Å². The monoisotopic (exact) mass is 577 g/mol. The van der Waals surface area contributed by atoms with E-state index in [9.17, 15) is 5.02 Å². The number of ether oxygens (including phenoxy) is 1. The standard InChI is InChI=1S/C15H14BN3O4.66H2/c1-17-13-4-5-14(19-15(13)18-6-7-20)23-11-2-3-12-10(8-11)9-22-16(12)21;;;;;;;;;;;;;;;;;;;;;;;;;;;;;;;;;;;;;;;;;;;;;;;;;;;;;;;;;;;;;;;;;;/h2-5,8,20-21H,6-7,9H2,(H,18,19);66*1H/i;66*1+1D. The van der Waals surface area contributed by atoms with Crippen molar-refractivity contribution >= 4 is 24.1 Å². The number of rotatable bonds is 5. The number of nitrogens with one attached hydrogen (secondary N) is 1. The number of pyridine rings is 1. The van der Waals surface area contributed by atoms with Gasteiger partial charge in [-0.15, -0.1) is 0 Å². The highest BCUT2D eigenvalue weighted by Crippen LogP contribution is 2.28. The Kier molecular flexibility index (Phi) is 0.285. The highest BCUT2D eigenvalue weighted by molar-refractivity contribution is 6.61. The van der Waals surface area contributed by atoms with E-state index in [-0.39, 0.29) is 6.61 Å². The Hall–Kier alpha value is -2.60. The number of aliphatic hydroxyl groups is 1. The summed E-state index contributed by atoms with van der Waals surface area (Å²) in [5, 5.41) is 21.4. The number of fused-ring (bicyclic) bond motifs is 1. The molecule has 0 unspecified atom stereocenters. The van der Waals surface area contributed by atoms with Crippen molar-refractivity contribution in [3.63, 3.8) is 0 Å². The lowest BCUT2D eigenvalue weighted by Crippen LogP contribution is -2.27. The number of aromatic nitrogens is 1. The van der Waals surface area contributed by atoms with Gasteiger partial charge in [0.05, 0.1) is 19.8 Å². The van der Waals surface area contributed by atoms with Crippen molar-refractivity contribution in [1.29, 1.82) is 0 Å². The lowest BCUT2D eigenvalue weighted by molar-refractivity contribution is 0.275. The van der Waals surface area contributed by atoms with Gasteiger partial charge in [-0.25, -0.2) is 9.83 Å². The molecule has 8 heteroatoms. The van der Waals surface area contributed by atoms with Crippen molar-refractivity contribution in [2.24, 2.45) is 0 Å². The van der Waals surface area contributed by atoms with Gasteiger partial charge in [0.25, 0.3) is 0 Å². The molecule has 0 saturated heterocycles. The largest absolute Gasteiger partial charge is 0.491 e. The van der Waals surface area contributed by atoms with Crippen LogP contribution in [0.2, 0.25) is 0 Å². The Labute approximate surface area is 337 Å². The van der Waals surface area contributed by atoms with Gasteiger partial charge in [-0.05, 0) is 35.3 Å². The van der Waals surface area contributed by atoms with Crippen molar-refractivity contribution in [3.8, 4) is 11.6 Å². The van der Waals surface area contributed by atoms with E-state index >= 15 is 0 Å². The molecular formula is C15H146BN3O4. The normalized spacial score (nSPS) is 35.6. The minimum Gasteiger partial charge on any atom is -0.439 e. The smallest absolute Gasteiger partial charge is 0.439 e. The predicted molar refractivity (Wildman–Crippen MR) is 225 cm³/mol. The van der Waals surface area contributed by atoms with E-state index in [4.69, 9.17) is 217 Å². The molecule has 0 atom stereocenters. The second-order valence-corrected chi connectivity index (χ2v) is 4.91.